The summed E-state index contributed by atoms with van der Waals surface area (Å²) in [6, 6.07) is 8.86. The lowest BCUT2D eigenvalue weighted by Crippen LogP contribution is -2.04. The van der Waals surface area contributed by atoms with E-state index in [1.54, 1.807) is 31.6 Å². The van der Waals surface area contributed by atoms with E-state index in [1.807, 2.05) is 6.07 Å². The summed E-state index contributed by atoms with van der Waals surface area (Å²) < 4.78 is 27.5. The molecule has 0 spiro atoms. The predicted molar refractivity (Wildman–Crippen MR) is 84.5 cm³/mol. The standard InChI is InChI=1S/C16H13F2N5/c1-19-16-21-13(10-4-3-7-20-9-10)8-14(23-16)22-15-11(17)5-2-6-12(15)18/h2-9H,1H3,(H2,19,21,22,23). The summed E-state index contributed by atoms with van der Waals surface area (Å²) in [6.45, 7) is 0. The van der Waals surface area contributed by atoms with E-state index in [0.29, 0.717) is 11.6 Å². The van der Waals surface area contributed by atoms with E-state index < -0.39 is 11.6 Å². The molecule has 0 amide bonds. The van der Waals surface area contributed by atoms with E-state index in [4.69, 9.17) is 0 Å². The number of nitrogens with one attached hydrogen (secondary N) is 2. The normalized spacial score (nSPS) is 10.4. The fraction of sp³-hybridized carbons (Fsp3) is 0.0625. The van der Waals surface area contributed by atoms with Crippen molar-refractivity contribution >= 4 is 17.5 Å². The molecule has 2 heterocycles. The predicted octanol–water partition coefficient (Wildman–Crippen LogP) is 3.60. The molecule has 0 radical (unpaired) electrons. The van der Waals surface area contributed by atoms with Gasteiger partial charge in [-0.1, -0.05) is 6.07 Å². The first-order valence-electron chi connectivity index (χ1n) is 6.85. The number of benzene rings is 1. The summed E-state index contributed by atoms with van der Waals surface area (Å²) in [5.41, 5.74) is 1.09. The van der Waals surface area contributed by atoms with Crippen LogP contribution in [0.4, 0.5) is 26.2 Å². The summed E-state index contributed by atoms with van der Waals surface area (Å²) >= 11 is 0. The van der Waals surface area contributed by atoms with E-state index >= 15 is 0 Å². The molecule has 0 aliphatic heterocycles. The molecule has 0 aliphatic carbocycles. The van der Waals surface area contributed by atoms with Crippen LogP contribution in [-0.4, -0.2) is 22.0 Å². The largest absolute Gasteiger partial charge is 0.357 e. The Balaban J connectivity index is 2.03. The molecule has 0 unspecified atom stereocenters. The van der Waals surface area contributed by atoms with Gasteiger partial charge in [0.05, 0.1) is 5.69 Å². The molecular formula is C16H13F2N5. The molecule has 23 heavy (non-hydrogen) atoms. The molecule has 2 N–H and O–H groups in total. The van der Waals surface area contributed by atoms with Crippen LogP contribution in [0.5, 0.6) is 0 Å². The minimum Gasteiger partial charge on any atom is -0.357 e. The molecule has 116 valence electrons. The number of pyridine rings is 1. The van der Waals surface area contributed by atoms with Crippen molar-refractivity contribution in [2.24, 2.45) is 0 Å². The maximum absolute atomic E-state index is 13.8. The number of para-hydroxylation sites is 1. The van der Waals surface area contributed by atoms with Gasteiger partial charge in [0.1, 0.15) is 23.1 Å². The Morgan fingerprint density at radius 3 is 2.43 bits per heavy atom. The number of aromatic nitrogens is 3. The Hall–Kier alpha value is -3.09. The summed E-state index contributed by atoms with van der Waals surface area (Å²) in [4.78, 5) is 12.5. The lowest BCUT2D eigenvalue weighted by atomic mass is 10.2. The molecule has 0 aliphatic rings. The second-order valence-electron chi connectivity index (χ2n) is 4.68. The van der Waals surface area contributed by atoms with E-state index in [2.05, 4.69) is 25.6 Å². The van der Waals surface area contributed by atoms with E-state index in [1.165, 1.54) is 18.2 Å². The minimum atomic E-state index is -0.697. The summed E-state index contributed by atoms with van der Waals surface area (Å²) in [7, 11) is 1.66. The Kier molecular flexibility index (Phi) is 4.09. The van der Waals surface area contributed by atoms with Crippen molar-refractivity contribution in [2.75, 3.05) is 17.7 Å². The van der Waals surface area contributed by atoms with Gasteiger partial charge >= 0.3 is 0 Å². The van der Waals surface area contributed by atoms with Crippen LogP contribution in [0, 0.1) is 11.6 Å². The highest BCUT2D eigenvalue weighted by Gasteiger charge is 2.11. The lowest BCUT2D eigenvalue weighted by molar-refractivity contribution is 0.590. The van der Waals surface area contributed by atoms with Crippen LogP contribution in [0.2, 0.25) is 0 Å². The number of halogens is 2. The number of nitrogens with zero attached hydrogens (tertiary/aromatic N) is 3. The summed E-state index contributed by atoms with van der Waals surface area (Å²) in [5, 5.41) is 5.49. The molecule has 1 aromatic carbocycles. The number of anilines is 3. The van der Waals surface area contributed by atoms with Gasteiger partial charge < -0.3 is 10.6 Å². The minimum absolute atomic E-state index is 0.259. The van der Waals surface area contributed by atoms with Crippen molar-refractivity contribution in [3.63, 3.8) is 0 Å². The third kappa shape index (κ3) is 3.23. The third-order valence-electron chi connectivity index (χ3n) is 3.12. The third-order valence-corrected chi connectivity index (χ3v) is 3.12. The Morgan fingerprint density at radius 1 is 1.00 bits per heavy atom. The van der Waals surface area contributed by atoms with Crippen molar-refractivity contribution < 1.29 is 8.78 Å². The second-order valence-corrected chi connectivity index (χ2v) is 4.68. The van der Waals surface area contributed by atoms with Gasteiger partial charge in [-0.25, -0.2) is 13.8 Å². The molecule has 0 saturated heterocycles. The zero-order valence-electron chi connectivity index (χ0n) is 12.2. The molecule has 5 nitrogen and oxygen atoms in total. The van der Waals surface area contributed by atoms with Crippen molar-refractivity contribution in [1.29, 1.82) is 0 Å². The zero-order valence-corrected chi connectivity index (χ0v) is 12.2. The van der Waals surface area contributed by atoms with Gasteiger partial charge in [-0.05, 0) is 24.3 Å². The van der Waals surface area contributed by atoms with E-state index in [9.17, 15) is 8.78 Å². The number of hydrogen-bond donors (Lipinski definition) is 2. The van der Waals surface area contributed by atoms with Gasteiger partial charge in [-0.2, -0.15) is 4.98 Å². The number of hydrogen-bond acceptors (Lipinski definition) is 5. The van der Waals surface area contributed by atoms with Crippen molar-refractivity contribution in [3.8, 4) is 11.3 Å². The van der Waals surface area contributed by atoms with Crippen molar-refractivity contribution in [2.45, 2.75) is 0 Å². The van der Waals surface area contributed by atoms with Gasteiger partial charge in [0, 0.05) is 31.1 Å². The second kappa shape index (κ2) is 6.35. The summed E-state index contributed by atoms with van der Waals surface area (Å²) in [6.07, 6.45) is 3.30. The molecule has 3 aromatic rings. The number of rotatable bonds is 4. The Bertz CT molecular complexity index is 804. The fourth-order valence-corrected chi connectivity index (χ4v) is 2.03. The zero-order chi connectivity index (χ0) is 16.2. The average Bonchev–Trinajstić information content (AvgIpc) is 2.59. The molecule has 0 saturated carbocycles. The Morgan fingerprint density at radius 2 is 1.78 bits per heavy atom. The maximum Gasteiger partial charge on any atom is 0.224 e. The van der Waals surface area contributed by atoms with Crippen molar-refractivity contribution in [3.05, 3.63) is 60.4 Å². The maximum atomic E-state index is 13.8. The first kappa shape index (κ1) is 14.8. The highest BCUT2D eigenvalue weighted by atomic mass is 19.1. The summed E-state index contributed by atoms with van der Waals surface area (Å²) in [5.74, 6) is -0.798. The van der Waals surface area contributed by atoms with Gasteiger partial charge in [0.25, 0.3) is 0 Å². The molecule has 0 atom stereocenters. The van der Waals surface area contributed by atoms with Crippen LogP contribution >= 0.6 is 0 Å². The van der Waals surface area contributed by atoms with Crippen LogP contribution in [0.15, 0.2) is 48.8 Å². The highest BCUT2D eigenvalue weighted by molar-refractivity contribution is 5.67. The van der Waals surface area contributed by atoms with Gasteiger partial charge in [0.15, 0.2) is 0 Å². The van der Waals surface area contributed by atoms with Gasteiger partial charge in [-0.15, -0.1) is 0 Å². The molecule has 3 rings (SSSR count). The smallest absolute Gasteiger partial charge is 0.224 e. The highest BCUT2D eigenvalue weighted by Crippen LogP contribution is 2.25. The SMILES string of the molecule is CNc1nc(Nc2c(F)cccc2F)cc(-c2cccnc2)n1. The first-order valence-corrected chi connectivity index (χ1v) is 6.85. The molecule has 7 heteroatoms. The molecule has 0 fully saturated rings. The van der Waals surface area contributed by atoms with Crippen LogP contribution in [0.25, 0.3) is 11.3 Å². The van der Waals surface area contributed by atoms with E-state index in [0.717, 1.165) is 5.56 Å². The van der Waals surface area contributed by atoms with Crippen LogP contribution < -0.4 is 10.6 Å². The average molecular weight is 313 g/mol. The van der Waals surface area contributed by atoms with Crippen LogP contribution in [-0.2, 0) is 0 Å². The van der Waals surface area contributed by atoms with Crippen LogP contribution in [0.3, 0.4) is 0 Å². The van der Waals surface area contributed by atoms with Crippen LogP contribution in [0.1, 0.15) is 0 Å². The topological polar surface area (TPSA) is 62.7 Å². The van der Waals surface area contributed by atoms with Crippen molar-refractivity contribution in [1.82, 2.24) is 15.0 Å². The van der Waals surface area contributed by atoms with Gasteiger partial charge in [-0.3, -0.25) is 4.98 Å². The Labute approximate surface area is 131 Å². The van der Waals surface area contributed by atoms with E-state index in [-0.39, 0.29) is 11.5 Å². The quantitative estimate of drug-likeness (QED) is 0.770. The molecule has 2 aromatic heterocycles. The molecular weight excluding hydrogens is 300 g/mol. The lowest BCUT2D eigenvalue weighted by Gasteiger charge is -2.11. The monoisotopic (exact) mass is 313 g/mol. The van der Waals surface area contributed by atoms with Gasteiger partial charge in [0.2, 0.25) is 5.95 Å². The first-order chi connectivity index (χ1) is 11.2. The molecule has 0 bridgehead atoms. The fourth-order valence-electron chi connectivity index (χ4n) is 2.03.